The van der Waals surface area contributed by atoms with Crippen LogP contribution in [0.3, 0.4) is 0 Å². The van der Waals surface area contributed by atoms with Crippen LogP contribution >= 0.6 is 0 Å². The molecule has 2 unspecified atom stereocenters. The molecule has 3 rings (SSSR count). The summed E-state index contributed by atoms with van der Waals surface area (Å²) in [6, 6.07) is 0. The van der Waals surface area contributed by atoms with E-state index in [0.717, 1.165) is 31.3 Å². The van der Waals surface area contributed by atoms with Crippen molar-refractivity contribution in [3.63, 3.8) is 0 Å². The van der Waals surface area contributed by atoms with E-state index < -0.39 is 0 Å². The number of fused-ring (bicyclic) bond motifs is 2. The predicted molar refractivity (Wildman–Crippen MR) is 80.4 cm³/mol. The fraction of sp³-hybridized carbons (Fsp3) is 0.706. The summed E-state index contributed by atoms with van der Waals surface area (Å²) >= 11 is 0. The Balaban J connectivity index is 1.95. The Bertz CT molecular complexity index is 444. The highest BCUT2D eigenvalue weighted by atomic mass is 17.2. The Morgan fingerprint density at radius 1 is 1.29 bits per heavy atom. The Morgan fingerprint density at radius 3 is 2.43 bits per heavy atom. The van der Waals surface area contributed by atoms with Crippen molar-refractivity contribution in [3.8, 4) is 0 Å². The van der Waals surface area contributed by atoms with Crippen LogP contribution in [0.15, 0.2) is 24.3 Å². The molecule has 0 saturated carbocycles. The van der Waals surface area contributed by atoms with Gasteiger partial charge in [-0.1, -0.05) is 25.7 Å². The zero-order valence-corrected chi connectivity index (χ0v) is 13.5. The van der Waals surface area contributed by atoms with Gasteiger partial charge in [-0.25, -0.2) is 9.78 Å². The molecule has 0 aromatic rings. The first-order chi connectivity index (χ1) is 9.76. The van der Waals surface area contributed by atoms with Crippen molar-refractivity contribution in [2.75, 3.05) is 0 Å². The van der Waals surface area contributed by atoms with E-state index in [2.05, 4.69) is 25.7 Å². The molecular formula is C17H26O4. The molecule has 1 saturated heterocycles. The van der Waals surface area contributed by atoms with E-state index in [9.17, 15) is 4.79 Å². The minimum absolute atomic E-state index is 0.219. The van der Waals surface area contributed by atoms with Gasteiger partial charge in [-0.15, -0.1) is 0 Å². The standard InChI is InChI=1S/C17H26O4/c1-12(2)15(19-14(4)18)7-6-13(3)17-10-8-16(5,9-11-17)20-21-17/h8,10,13,15H,1,6-7,9,11H2,2-5H3/t13?,15?,16-,17+/m0/s1. The van der Waals surface area contributed by atoms with Crippen molar-refractivity contribution < 1.29 is 19.3 Å². The molecule has 0 amide bonds. The number of esters is 1. The molecule has 3 aliphatic rings. The first-order valence-electron chi connectivity index (χ1n) is 7.66. The highest BCUT2D eigenvalue weighted by Crippen LogP contribution is 2.45. The van der Waals surface area contributed by atoms with E-state index in [1.807, 2.05) is 13.8 Å². The van der Waals surface area contributed by atoms with Gasteiger partial charge in [-0.2, -0.15) is 0 Å². The molecule has 118 valence electrons. The largest absolute Gasteiger partial charge is 0.458 e. The van der Waals surface area contributed by atoms with Gasteiger partial charge in [0.2, 0.25) is 0 Å². The van der Waals surface area contributed by atoms with Crippen LogP contribution in [0.1, 0.15) is 53.4 Å². The van der Waals surface area contributed by atoms with Crippen LogP contribution in [-0.2, 0) is 19.3 Å². The third kappa shape index (κ3) is 3.55. The second kappa shape index (κ2) is 5.93. The molecule has 2 heterocycles. The monoisotopic (exact) mass is 294 g/mol. The zero-order chi connectivity index (χ0) is 15.7. The van der Waals surface area contributed by atoms with Gasteiger partial charge in [0.15, 0.2) is 0 Å². The van der Waals surface area contributed by atoms with Gasteiger partial charge in [0.05, 0.1) is 0 Å². The van der Waals surface area contributed by atoms with Crippen molar-refractivity contribution in [1.82, 2.24) is 0 Å². The van der Waals surface area contributed by atoms with Crippen LogP contribution in [-0.4, -0.2) is 23.3 Å². The third-order valence-corrected chi connectivity index (χ3v) is 4.67. The van der Waals surface area contributed by atoms with Crippen LogP contribution in [0.25, 0.3) is 0 Å². The maximum atomic E-state index is 11.1. The zero-order valence-electron chi connectivity index (χ0n) is 13.5. The Hall–Kier alpha value is -1.13. The van der Waals surface area contributed by atoms with E-state index in [-0.39, 0.29) is 29.2 Å². The first kappa shape index (κ1) is 16.2. The molecule has 4 nitrogen and oxygen atoms in total. The van der Waals surface area contributed by atoms with Crippen LogP contribution in [0, 0.1) is 5.92 Å². The fourth-order valence-corrected chi connectivity index (χ4v) is 2.98. The van der Waals surface area contributed by atoms with Gasteiger partial charge >= 0.3 is 5.97 Å². The summed E-state index contributed by atoms with van der Waals surface area (Å²) in [7, 11) is 0. The van der Waals surface area contributed by atoms with E-state index in [1.54, 1.807) is 0 Å². The normalized spacial score (nSPS) is 33.5. The molecule has 0 radical (unpaired) electrons. The molecule has 2 bridgehead atoms. The molecular weight excluding hydrogens is 268 g/mol. The van der Waals surface area contributed by atoms with Crippen molar-refractivity contribution >= 4 is 5.97 Å². The molecule has 1 aliphatic carbocycles. The topological polar surface area (TPSA) is 44.8 Å². The Morgan fingerprint density at radius 2 is 2.00 bits per heavy atom. The second-order valence-electron chi connectivity index (χ2n) is 6.69. The molecule has 4 atom stereocenters. The van der Waals surface area contributed by atoms with Crippen molar-refractivity contribution in [3.05, 3.63) is 24.3 Å². The summed E-state index contributed by atoms with van der Waals surface area (Å²) < 4.78 is 5.31. The molecule has 0 aromatic heterocycles. The summed E-state index contributed by atoms with van der Waals surface area (Å²) in [5, 5.41) is 0. The number of hydrogen-bond acceptors (Lipinski definition) is 4. The summed E-state index contributed by atoms with van der Waals surface area (Å²) in [5.41, 5.74) is 0.273. The molecule has 21 heavy (non-hydrogen) atoms. The minimum atomic E-state index is -0.340. The van der Waals surface area contributed by atoms with Gasteiger partial charge in [-0.05, 0) is 51.0 Å². The van der Waals surface area contributed by atoms with Gasteiger partial charge < -0.3 is 4.74 Å². The quantitative estimate of drug-likeness (QED) is 0.425. The predicted octanol–water partition coefficient (Wildman–Crippen LogP) is 3.72. The number of carbonyl (C=O) groups excluding carboxylic acids is 1. The third-order valence-electron chi connectivity index (χ3n) is 4.67. The van der Waals surface area contributed by atoms with Crippen molar-refractivity contribution in [2.45, 2.75) is 70.7 Å². The summed E-state index contributed by atoms with van der Waals surface area (Å²) in [6.07, 6.45) is 7.62. The van der Waals surface area contributed by atoms with E-state index in [0.29, 0.717) is 0 Å². The van der Waals surface area contributed by atoms with Gasteiger partial charge in [0.25, 0.3) is 0 Å². The van der Waals surface area contributed by atoms with Crippen LogP contribution in [0.2, 0.25) is 0 Å². The van der Waals surface area contributed by atoms with Crippen LogP contribution in [0.5, 0.6) is 0 Å². The highest BCUT2D eigenvalue weighted by molar-refractivity contribution is 5.66. The lowest BCUT2D eigenvalue weighted by Crippen LogP contribution is -2.51. The average molecular weight is 294 g/mol. The van der Waals surface area contributed by atoms with E-state index in [4.69, 9.17) is 14.5 Å². The second-order valence-corrected chi connectivity index (χ2v) is 6.69. The van der Waals surface area contributed by atoms with Gasteiger partial charge in [-0.3, -0.25) is 4.79 Å². The molecule has 1 fully saturated rings. The summed E-state index contributed by atoms with van der Waals surface area (Å²) in [4.78, 5) is 22.4. The Labute approximate surface area is 127 Å². The number of hydrogen-bond donors (Lipinski definition) is 0. The van der Waals surface area contributed by atoms with Gasteiger partial charge in [0.1, 0.15) is 17.3 Å². The van der Waals surface area contributed by atoms with Crippen LogP contribution in [0.4, 0.5) is 0 Å². The van der Waals surface area contributed by atoms with Crippen molar-refractivity contribution in [2.24, 2.45) is 5.92 Å². The van der Waals surface area contributed by atoms with Crippen molar-refractivity contribution in [1.29, 1.82) is 0 Å². The average Bonchev–Trinajstić information content (AvgIpc) is 2.43. The first-order valence-corrected chi connectivity index (χ1v) is 7.66. The summed E-state index contributed by atoms with van der Waals surface area (Å²) in [6.45, 7) is 11.4. The van der Waals surface area contributed by atoms with E-state index >= 15 is 0 Å². The molecule has 0 aromatic carbocycles. The summed E-state index contributed by atoms with van der Waals surface area (Å²) in [5.74, 6) is 0.0235. The number of carbonyl (C=O) groups is 1. The maximum Gasteiger partial charge on any atom is 0.303 e. The number of ether oxygens (including phenoxy) is 1. The fourth-order valence-electron chi connectivity index (χ4n) is 2.98. The minimum Gasteiger partial charge on any atom is -0.458 e. The lowest BCUT2D eigenvalue weighted by Gasteiger charge is -2.48. The molecule has 0 N–H and O–H groups in total. The SMILES string of the molecule is C=C(C)C(CCC(C)[C@@]12C=C[C@@](C)(CC1)OO2)OC(C)=O. The maximum absolute atomic E-state index is 11.1. The lowest BCUT2D eigenvalue weighted by atomic mass is 9.74. The molecule has 0 spiro atoms. The van der Waals surface area contributed by atoms with Crippen LogP contribution < -0.4 is 0 Å². The molecule has 4 heteroatoms. The number of rotatable bonds is 6. The highest BCUT2D eigenvalue weighted by Gasteiger charge is 2.48. The smallest absolute Gasteiger partial charge is 0.303 e. The molecule has 2 aliphatic heterocycles. The van der Waals surface area contributed by atoms with Gasteiger partial charge in [0, 0.05) is 6.92 Å². The Kier molecular flexibility index (Phi) is 4.59. The van der Waals surface area contributed by atoms with E-state index in [1.165, 1.54) is 6.92 Å². The lowest BCUT2D eigenvalue weighted by molar-refractivity contribution is -0.432.